The number of likely N-dealkylation sites (N-methyl/N-ethyl adjacent to an activating group) is 1. The van der Waals surface area contributed by atoms with Crippen LogP contribution in [0.4, 0.5) is 0 Å². The van der Waals surface area contributed by atoms with Gasteiger partial charge in [0, 0.05) is 35.2 Å². The molecule has 1 heterocycles. The Balaban J connectivity index is 2.47. The number of hydrogen-bond donors (Lipinski definition) is 1. The molecule has 0 aliphatic heterocycles. The topological polar surface area (TPSA) is 60.5 Å². The predicted octanol–water partition coefficient (Wildman–Crippen LogP) is 1.41. The van der Waals surface area contributed by atoms with Crippen LogP contribution in [-0.4, -0.2) is 35.1 Å². The van der Waals surface area contributed by atoms with Gasteiger partial charge in [-0.1, -0.05) is 0 Å². The predicted molar refractivity (Wildman–Crippen MR) is 72.8 cm³/mol. The second-order valence-corrected chi connectivity index (χ2v) is 4.67. The van der Waals surface area contributed by atoms with Crippen molar-refractivity contribution < 1.29 is 14.3 Å². The Hall–Kier alpha value is -0.890. The van der Waals surface area contributed by atoms with Crippen molar-refractivity contribution in [2.75, 3.05) is 20.2 Å². The van der Waals surface area contributed by atoms with Crippen LogP contribution in [0.2, 0.25) is 0 Å². The Morgan fingerprint density at radius 3 is 2.88 bits per heavy atom. The fraction of sp³-hybridized carbons (Fsp3) is 0.455. The second-order valence-electron chi connectivity index (χ2n) is 3.46. The number of ether oxygens (including phenoxy) is 2. The van der Waals surface area contributed by atoms with Crippen LogP contribution in [0.1, 0.15) is 6.92 Å². The molecule has 1 aromatic rings. The molecule has 0 radical (unpaired) electrons. The lowest BCUT2D eigenvalue weighted by molar-refractivity contribution is -0.111. The van der Waals surface area contributed by atoms with E-state index in [1.54, 1.807) is 40.9 Å². The van der Waals surface area contributed by atoms with Crippen molar-refractivity contribution in [3.63, 3.8) is 0 Å². The highest BCUT2D eigenvalue weighted by Gasteiger charge is 2.04. The van der Waals surface area contributed by atoms with E-state index in [9.17, 15) is 4.79 Å². The van der Waals surface area contributed by atoms with Crippen LogP contribution < -0.4 is 14.8 Å². The summed E-state index contributed by atoms with van der Waals surface area (Å²) in [6.07, 6.45) is 1.59. The van der Waals surface area contributed by atoms with E-state index in [1.807, 2.05) is 14.0 Å². The molecule has 0 saturated carbocycles. The van der Waals surface area contributed by atoms with Crippen LogP contribution in [0.3, 0.4) is 0 Å². The molecule has 0 aliphatic carbocycles. The van der Waals surface area contributed by atoms with Crippen molar-refractivity contribution in [3.05, 3.63) is 18.3 Å². The Labute approximate surface area is 114 Å². The molecule has 1 N–H and O–H groups in total. The van der Waals surface area contributed by atoms with Gasteiger partial charge in [0.1, 0.15) is 11.9 Å². The Bertz CT molecular complexity index is 356. The van der Waals surface area contributed by atoms with Gasteiger partial charge in [0.2, 0.25) is 9.67 Å². The van der Waals surface area contributed by atoms with Crippen LogP contribution in [0.25, 0.3) is 0 Å². The van der Waals surface area contributed by atoms with E-state index in [0.29, 0.717) is 11.6 Å². The molecule has 17 heavy (non-hydrogen) atoms. The number of hydrogen-bond acceptors (Lipinski definition) is 5. The first-order valence-corrected chi connectivity index (χ1v) is 6.28. The third-order valence-electron chi connectivity index (χ3n) is 1.88. The average Bonchev–Trinajstić information content (AvgIpc) is 2.28. The molecule has 94 valence electrons. The zero-order valence-corrected chi connectivity index (χ0v) is 11.9. The van der Waals surface area contributed by atoms with Crippen molar-refractivity contribution in [1.82, 2.24) is 10.3 Å². The van der Waals surface area contributed by atoms with Crippen molar-refractivity contribution in [2.45, 2.75) is 13.0 Å². The lowest BCUT2D eigenvalue weighted by Crippen LogP contribution is -2.26. The molecular formula is C11H15IN2O3. The highest BCUT2D eigenvalue weighted by Crippen LogP contribution is 2.14. The summed E-state index contributed by atoms with van der Waals surface area (Å²) in [5, 5.41) is 3.02. The zero-order chi connectivity index (χ0) is 12.7. The number of nitrogens with zero attached hydrogens (tertiary/aromatic N) is 1. The summed E-state index contributed by atoms with van der Waals surface area (Å²) < 4.78 is 10.7. The third kappa shape index (κ3) is 5.83. The van der Waals surface area contributed by atoms with Gasteiger partial charge in [-0.25, -0.2) is 4.98 Å². The van der Waals surface area contributed by atoms with Crippen molar-refractivity contribution in [1.29, 1.82) is 0 Å². The van der Waals surface area contributed by atoms with Gasteiger partial charge in [0.15, 0.2) is 6.61 Å². The Morgan fingerprint density at radius 2 is 2.35 bits per heavy atom. The maximum absolute atomic E-state index is 10.7. The van der Waals surface area contributed by atoms with Crippen molar-refractivity contribution in [3.8, 4) is 11.6 Å². The van der Waals surface area contributed by atoms with E-state index < -0.39 is 0 Å². The number of rotatable bonds is 7. The van der Waals surface area contributed by atoms with E-state index in [2.05, 4.69) is 10.3 Å². The van der Waals surface area contributed by atoms with Crippen molar-refractivity contribution in [2.24, 2.45) is 0 Å². The van der Waals surface area contributed by atoms with Crippen LogP contribution in [0.15, 0.2) is 18.3 Å². The molecule has 6 heteroatoms. The van der Waals surface area contributed by atoms with E-state index in [1.165, 1.54) is 0 Å². The highest BCUT2D eigenvalue weighted by atomic mass is 127. The summed E-state index contributed by atoms with van der Waals surface area (Å²) in [7, 11) is 1.87. The minimum absolute atomic E-state index is 0.0504. The van der Waals surface area contributed by atoms with Gasteiger partial charge in [0.05, 0.1) is 6.20 Å². The number of aromatic nitrogens is 1. The Morgan fingerprint density at radius 1 is 1.59 bits per heavy atom. The van der Waals surface area contributed by atoms with E-state index >= 15 is 0 Å². The first-order chi connectivity index (χ1) is 8.11. The largest absolute Gasteiger partial charge is 0.483 e. The van der Waals surface area contributed by atoms with E-state index in [-0.39, 0.29) is 16.5 Å². The molecule has 0 fully saturated rings. The maximum atomic E-state index is 10.7. The van der Waals surface area contributed by atoms with E-state index in [4.69, 9.17) is 9.47 Å². The number of halogens is 1. The molecule has 0 aliphatic rings. The molecule has 0 spiro atoms. The van der Waals surface area contributed by atoms with Crippen LogP contribution in [-0.2, 0) is 4.79 Å². The smallest absolute Gasteiger partial charge is 0.229 e. The molecule has 1 aromatic heterocycles. The highest BCUT2D eigenvalue weighted by molar-refractivity contribution is 14.1. The molecule has 1 rings (SSSR count). The van der Waals surface area contributed by atoms with Gasteiger partial charge in [0.25, 0.3) is 0 Å². The van der Waals surface area contributed by atoms with Crippen molar-refractivity contribution >= 4 is 26.4 Å². The molecule has 0 saturated heterocycles. The average molecular weight is 350 g/mol. The van der Waals surface area contributed by atoms with Gasteiger partial charge >= 0.3 is 0 Å². The van der Waals surface area contributed by atoms with E-state index in [0.717, 1.165) is 6.54 Å². The molecule has 0 bridgehead atoms. The molecule has 1 atom stereocenters. The van der Waals surface area contributed by atoms with Crippen LogP contribution in [0, 0.1) is 0 Å². The van der Waals surface area contributed by atoms with Gasteiger partial charge in [-0.05, 0) is 20.0 Å². The number of pyridine rings is 1. The molecule has 5 nitrogen and oxygen atoms in total. The minimum atomic E-state index is -0.0504. The number of carbonyl (C=O) groups excluding carboxylic acids is 1. The maximum Gasteiger partial charge on any atom is 0.229 e. The number of nitrogens with one attached hydrogen (secondary N) is 1. The lowest BCUT2D eigenvalue weighted by Gasteiger charge is -2.13. The summed E-state index contributed by atoms with van der Waals surface area (Å²) in [5.41, 5.74) is 0. The van der Waals surface area contributed by atoms with Gasteiger partial charge < -0.3 is 14.8 Å². The molecule has 0 aromatic carbocycles. The van der Waals surface area contributed by atoms with Crippen LogP contribution >= 0.6 is 22.6 Å². The van der Waals surface area contributed by atoms with Crippen LogP contribution in [0.5, 0.6) is 11.6 Å². The standard InChI is InChI=1S/C11H15IN2O3/c1-8(5-13-2)17-11-4-3-9(6-14-11)16-7-10(12)15/h3-4,6,8,13H,5,7H2,1-2H3/t8-/m0/s1. The first-order valence-electron chi connectivity index (χ1n) is 5.20. The SMILES string of the molecule is CNC[C@H](C)Oc1ccc(OCC(=O)I)cn1. The fourth-order valence-electron chi connectivity index (χ4n) is 1.20. The summed E-state index contributed by atoms with van der Waals surface area (Å²) in [6.45, 7) is 2.76. The fourth-order valence-corrected chi connectivity index (χ4v) is 1.35. The van der Waals surface area contributed by atoms with Gasteiger partial charge in [-0.2, -0.15) is 0 Å². The van der Waals surface area contributed by atoms with Gasteiger partial charge in [-0.3, -0.25) is 4.79 Å². The monoisotopic (exact) mass is 350 g/mol. The second kappa shape index (κ2) is 7.44. The molecular weight excluding hydrogens is 335 g/mol. The minimum Gasteiger partial charge on any atom is -0.483 e. The summed E-state index contributed by atoms with van der Waals surface area (Å²) in [5.74, 6) is 1.10. The first kappa shape index (κ1) is 14.2. The quantitative estimate of drug-likeness (QED) is 0.595. The summed E-state index contributed by atoms with van der Waals surface area (Å²) in [4.78, 5) is 14.8. The normalized spacial score (nSPS) is 11.9. The number of carbonyl (C=O) groups is 1. The molecule has 0 amide bonds. The summed E-state index contributed by atoms with van der Waals surface area (Å²) >= 11 is 1.69. The zero-order valence-electron chi connectivity index (χ0n) is 9.77. The third-order valence-corrected chi connectivity index (χ3v) is 2.19. The summed E-state index contributed by atoms with van der Waals surface area (Å²) in [6, 6.07) is 3.45. The lowest BCUT2D eigenvalue weighted by atomic mass is 10.4. The molecule has 0 unspecified atom stereocenters. The Kier molecular flexibility index (Phi) is 6.20. The van der Waals surface area contributed by atoms with Gasteiger partial charge in [-0.15, -0.1) is 0 Å².